The molecule has 0 atom stereocenters. The largest absolute Gasteiger partial charge is 0.507 e. The van der Waals surface area contributed by atoms with E-state index >= 15 is 0 Å². The summed E-state index contributed by atoms with van der Waals surface area (Å²) in [5.41, 5.74) is 3.83. The van der Waals surface area contributed by atoms with Crippen LogP contribution in [-0.2, 0) is 28.6 Å². The molecule has 0 bridgehead atoms. The summed E-state index contributed by atoms with van der Waals surface area (Å²) < 4.78 is 5.78. The van der Waals surface area contributed by atoms with Crippen molar-refractivity contribution in [2.45, 2.75) is 65.4 Å². The lowest BCUT2D eigenvalue weighted by molar-refractivity contribution is 0.285. The second-order valence-electron chi connectivity index (χ2n) is 9.28. The van der Waals surface area contributed by atoms with Crippen LogP contribution in [0.5, 0.6) is 5.75 Å². The Labute approximate surface area is 175 Å². The standard InChI is InChI=1S/C24H33NO2S/c1-23(2,3)19-14-18(15-20(21(19)26)24(4,5)6)16-27-22(28)25-13-12-17-10-8-7-9-11-17/h7-11,14-15,26H,12-13,16H2,1-6H3,(H,25,28). The summed E-state index contributed by atoms with van der Waals surface area (Å²) in [6.45, 7) is 13.7. The SMILES string of the molecule is CC(C)(C)c1cc(COC(=S)NCCc2ccccc2)cc(C(C)(C)C)c1O. The van der Waals surface area contributed by atoms with Gasteiger partial charge in [-0.3, -0.25) is 0 Å². The van der Waals surface area contributed by atoms with Crippen LogP contribution >= 0.6 is 12.2 Å². The smallest absolute Gasteiger partial charge is 0.256 e. The highest BCUT2D eigenvalue weighted by Crippen LogP contribution is 2.39. The molecule has 0 amide bonds. The van der Waals surface area contributed by atoms with Crippen molar-refractivity contribution in [3.63, 3.8) is 0 Å². The molecule has 0 spiro atoms. The maximum atomic E-state index is 10.8. The van der Waals surface area contributed by atoms with Crippen molar-refractivity contribution in [3.05, 3.63) is 64.7 Å². The van der Waals surface area contributed by atoms with Crippen LogP contribution < -0.4 is 5.32 Å². The monoisotopic (exact) mass is 399 g/mol. The van der Waals surface area contributed by atoms with Gasteiger partial charge in [0.05, 0.1) is 0 Å². The molecule has 4 heteroatoms. The van der Waals surface area contributed by atoms with Gasteiger partial charge in [-0.05, 0) is 63.9 Å². The summed E-state index contributed by atoms with van der Waals surface area (Å²) in [5, 5.41) is 14.4. The average molecular weight is 400 g/mol. The molecular formula is C24H33NO2S. The van der Waals surface area contributed by atoms with Crippen LogP contribution in [0.3, 0.4) is 0 Å². The van der Waals surface area contributed by atoms with Gasteiger partial charge in [-0.25, -0.2) is 0 Å². The molecule has 0 aliphatic heterocycles. The highest BCUT2D eigenvalue weighted by atomic mass is 32.1. The molecule has 0 heterocycles. The van der Waals surface area contributed by atoms with Gasteiger partial charge in [-0.15, -0.1) is 0 Å². The molecule has 152 valence electrons. The third-order valence-corrected chi connectivity index (χ3v) is 4.94. The zero-order chi connectivity index (χ0) is 20.9. The Morgan fingerprint density at radius 1 is 0.929 bits per heavy atom. The van der Waals surface area contributed by atoms with Gasteiger partial charge in [0.2, 0.25) is 0 Å². The molecule has 2 N–H and O–H groups in total. The van der Waals surface area contributed by atoms with Crippen molar-refractivity contribution in [1.82, 2.24) is 5.32 Å². The second-order valence-corrected chi connectivity index (χ2v) is 9.65. The van der Waals surface area contributed by atoms with Gasteiger partial charge in [0.1, 0.15) is 12.4 Å². The van der Waals surface area contributed by atoms with Crippen molar-refractivity contribution < 1.29 is 9.84 Å². The third kappa shape index (κ3) is 6.23. The topological polar surface area (TPSA) is 41.5 Å². The number of hydrogen-bond donors (Lipinski definition) is 2. The minimum atomic E-state index is -0.158. The van der Waals surface area contributed by atoms with Crippen molar-refractivity contribution in [2.75, 3.05) is 6.54 Å². The first-order chi connectivity index (χ1) is 13.0. The van der Waals surface area contributed by atoms with Gasteiger partial charge in [0.25, 0.3) is 5.17 Å². The molecule has 0 fully saturated rings. The zero-order valence-electron chi connectivity index (χ0n) is 17.9. The molecule has 0 saturated heterocycles. The predicted octanol–water partition coefficient (Wildman–Crippen LogP) is 5.62. The molecule has 0 radical (unpaired) electrons. The molecule has 0 aromatic heterocycles. The fourth-order valence-electron chi connectivity index (χ4n) is 3.07. The van der Waals surface area contributed by atoms with E-state index in [1.165, 1.54) is 5.56 Å². The van der Waals surface area contributed by atoms with Crippen LogP contribution in [0.25, 0.3) is 0 Å². The fourth-order valence-corrected chi connectivity index (χ4v) is 3.24. The van der Waals surface area contributed by atoms with E-state index in [1.807, 2.05) is 30.3 Å². The first kappa shape index (κ1) is 22.2. The van der Waals surface area contributed by atoms with Crippen LogP contribution in [0.1, 0.15) is 63.8 Å². The summed E-state index contributed by atoms with van der Waals surface area (Å²) in [6, 6.07) is 14.3. The minimum absolute atomic E-state index is 0.158. The summed E-state index contributed by atoms with van der Waals surface area (Å²) >= 11 is 5.32. The highest BCUT2D eigenvalue weighted by molar-refractivity contribution is 7.80. The van der Waals surface area contributed by atoms with Gasteiger partial charge in [0.15, 0.2) is 0 Å². The molecule has 0 unspecified atom stereocenters. The number of ether oxygens (including phenoxy) is 1. The lowest BCUT2D eigenvalue weighted by atomic mass is 9.78. The van der Waals surface area contributed by atoms with Gasteiger partial charge in [-0.1, -0.05) is 71.9 Å². The predicted molar refractivity (Wildman–Crippen MR) is 121 cm³/mol. The number of rotatable bonds is 5. The third-order valence-electron chi connectivity index (χ3n) is 4.68. The molecule has 0 saturated carbocycles. The maximum Gasteiger partial charge on any atom is 0.256 e. The minimum Gasteiger partial charge on any atom is -0.507 e. The quantitative estimate of drug-likeness (QED) is 0.640. The summed E-state index contributed by atoms with van der Waals surface area (Å²) in [5.74, 6) is 0.382. The molecule has 0 aliphatic carbocycles. The van der Waals surface area contributed by atoms with Crippen LogP contribution in [0.2, 0.25) is 0 Å². The van der Waals surface area contributed by atoms with E-state index in [2.05, 4.69) is 59.0 Å². The number of thiocarbonyl (C=S) groups is 1. The summed E-state index contributed by atoms with van der Waals surface area (Å²) in [4.78, 5) is 0. The van der Waals surface area contributed by atoms with Gasteiger partial charge >= 0.3 is 0 Å². The Morgan fingerprint density at radius 3 is 1.96 bits per heavy atom. The van der Waals surface area contributed by atoms with Gasteiger partial charge in [0, 0.05) is 6.54 Å². The summed E-state index contributed by atoms with van der Waals surface area (Å²) in [6.07, 6.45) is 0.895. The van der Waals surface area contributed by atoms with E-state index in [4.69, 9.17) is 17.0 Å². The lowest BCUT2D eigenvalue weighted by Crippen LogP contribution is -2.26. The molecule has 2 aromatic carbocycles. The summed E-state index contributed by atoms with van der Waals surface area (Å²) in [7, 11) is 0. The van der Waals surface area contributed by atoms with Crippen LogP contribution in [0.15, 0.2) is 42.5 Å². The van der Waals surface area contributed by atoms with Gasteiger partial charge in [-0.2, -0.15) is 0 Å². The van der Waals surface area contributed by atoms with E-state index in [9.17, 15) is 5.11 Å². The molecule has 0 aliphatic rings. The molecular weight excluding hydrogens is 366 g/mol. The van der Waals surface area contributed by atoms with Crippen LogP contribution in [0.4, 0.5) is 0 Å². The van der Waals surface area contributed by atoms with Crippen molar-refractivity contribution in [3.8, 4) is 5.75 Å². The average Bonchev–Trinajstić information content (AvgIpc) is 2.59. The number of hydrogen-bond acceptors (Lipinski definition) is 3. The Bertz CT molecular complexity index is 767. The number of phenols is 1. The molecule has 2 aromatic rings. The first-order valence-electron chi connectivity index (χ1n) is 9.80. The second kappa shape index (κ2) is 8.95. The Balaban J connectivity index is 2.03. The number of phenolic OH excluding ortho intramolecular Hbond substituents is 1. The molecule has 2 rings (SSSR count). The Morgan fingerprint density at radius 2 is 1.46 bits per heavy atom. The number of benzene rings is 2. The lowest BCUT2D eigenvalue weighted by Gasteiger charge is -2.28. The first-order valence-corrected chi connectivity index (χ1v) is 10.2. The van der Waals surface area contributed by atoms with E-state index in [0.29, 0.717) is 17.5 Å². The Hall–Kier alpha value is -2.07. The Kier molecular flexibility index (Phi) is 7.11. The number of nitrogens with one attached hydrogen (secondary N) is 1. The van der Waals surface area contributed by atoms with Crippen LogP contribution in [-0.4, -0.2) is 16.8 Å². The van der Waals surface area contributed by atoms with E-state index in [-0.39, 0.29) is 10.8 Å². The van der Waals surface area contributed by atoms with E-state index in [0.717, 1.165) is 29.7 Å². The molecule has 3 nitrogen and oxygen atoms in total. The normalized spacial score (nSPS) is 11.9. The van der Waals surface area contributed by atoms with Gasteiger partial charge < -0.3 is 15.2 Å². The van der Waals surface area contributed by atoms with Crippen LogP contribution in [0, 0.1) is 0 Å². The van der Waals surface area contributed by atoms with E-state index < -0.39 is 0 Å². The fraction of sp³-hybridized carbons (Fsp3) is 0.458. The van der Waals surface area contributed by atoms with E-state index in [1.54, 1.807) is 0 Å². The van der Waals surface area contributed by atoms with Crippen molar-refractivity contribution in [1.29, 1.82) is 0 Å². The maximum absolute atomic E-state index is 10.8. The van der Waals surface area contributed by atoms with Crippen molar-refractivity contribution in [2.24, 2.45) is 0 Å². The van der Waals surface area contributed by atoms with Crippen molar-refractivity contribution >= 4 is 17.4 Å². The zero-order valence-corrected chi connectivity index (χ0v) is 18.7. The highest BCUT2D eigenvalue weighted by Gasteiger charge is 2.26. The number of aromatic hydroxyl groups is 1. The molecule has 28 heavy (non-hydrogen) atoms.